The first-order valence-electron chi connectivity index (χ1n) is 8.15. The van der Waals surface area contributed by atoms with Gasteiger partial charge in [-0.15, -0.1) is 0 Å². The maximum absolute atomic E-state index is 11.9. The summed E-state index contributed by atoms with van der Waals surface area (Å²) >= 11 is 0. The predicted molar refractivity (Wildman–Crippen MR) is 88.4 cm³/mol. The molecular weight excluding hydrogens is 290 g/mol. The van der Waals surface area contributed by atoms with Crippen LogP contribution >= 0.6 is 0 Å². The van der Waals surface area contributed by atoms with E-state index >= 15 is 0 Å². The highest BCUT2D eigenvalue weighted by Gasteiger charge is 2.63. The second-order valence-electron chi connectivity index (χ2n) is 6.42. The molecule has 122 valence electrons. The zero-order valence-corrected chi connectivity index (χ0v) is 13.4. The summed E-state index contributed by atoms with van der Waals surface area (Å²) in [7, 11) is 0. The van der Waals surface area contributed by atoms with Crippen LogP contribution in [0, 0.1) is 11.8 Å². The number of nitrogens with two attached hydrogens (primary N) is 1. The minimum absolute atomic E-state index is 0.132. The Morgan fingerprint density at radius 3 is 2.83 bits per heavy atom. The standard InChI is InChI=1S/C18H23N3O2/c1-2-13(10-19)8-14-9-18(14,17(22)23)16-11-21(12-20-16)15-6-4-3-5-7-15/h3-7,11-14H,2,8-10,19H2,1H3,(H,22,23)/t13?,14-,18-/m1/s1. The summed E-state index contributed by atoms with van der Waals surface area (Å²) in [4.78, 5) is 16.3. The number of hydrogen-bond acceptors (Lipinski definition) is 3. The zero-order valence-electron chi connectivity index (χ0n) is 13.4. The van der Waals surface area contributed by atoms with Crippen molar-refractivity contribution in [1.29, 1.82) is 0 Å². The SMILES string of the molecule is CCC(CN)C[C@@H]1C[C@]1(C(=O)O)c1cn(-c2ccccc2)cn1. The van der Waals surface area contributed by atoms with E-state index in [-0.39, 0.29) is 5.92 Å². The smallest absolute Gasteiger partial charge is 0.316 e. The number of imidazole rings is 1. The highest BCUT2D eigenvalue weighted by molar-refractivity contribution is 5.85. The molecule has 1 saturated carbocycles. The number of aliphatic carboxylic acids is 1. The third kappa shape index (κ3) is 2.77. The topological polar surface area (TPSA) is 81.1 Å². The average molecular weight is 313 g/mol. The molecule has 0 amide bonds. The van der Waals surface area contributed by atoms with Gasteiger partial charge in [0.1, 0.15) is 5.41 Å². The Kier molecular flexibility index (Phi) is 4.22. The lowest BCUT2D eigenvalue weighted by molar-refractivity contribution is -0.140. The van der Waals surface area contributed by atoms with Gasteiger partial charge >= 0.3 is 5.97 Å². The molecule has 2 aromatic rings. The van der Waals surface area contributed by atoms with E-state index in [9.17, 15) is 9.90 Å². The maximum Gasteiger partial charge on any atom is 0.316 e. The fraction of sp³-hybridized carbons (Fsp3) is 0.444. The lowest BCUT2D eigenvalue weighted by Crippen LogP contribution is -2.25. The molecule has 0 radical (unpaired) electrons. The Hall–Kier alpha value is -2.14. The third-order valence-electron chi connectivity index (χ3n) is 5.11. The van der Waals surface area contributed by atoms with Crippen molar-refractivity contribution in [3.63, 3.8) is 0 Å². The minimum Gasteiger partial charge on any atom is -0.481 e. The predicted octanol–water partition coefficient (Wildman–Crippen LogP) is 2.59. The molecule has 1 aromatic carbocycles. The van der Waals surface area contributed by atoms with E-state index in [1.165, 1.54) is 0 Å². The van der Waals surface area contributed by atoms with E-state index in [0.29, 0.717) is 24.6 Å². The summed E-state index contributed by atoms with van der Waals surface area (Å²) in [6, 6.07) is 9.81. The second kappa shape index (κ2) is 6.16. The van der Waals surface area contributed by atoms with Gasteiger partial charge in [-0.1, -0.05) is 31.5 Å². The number of aromatic nitrogens is 2. The van der Waals surface area contributed by atoms with Crippen molar-refractivity contribution in [3.05, 3.63) is 48.5 Å². The first-order valence-corrected chi connectivity index (χ1v) is 8.15. The molecule has 0 saturated heterocycles. The van der Waals surface area contributed by atoms with Gasteiger partial charge in [0.25, 0.3) is 0 Å². The molecule has 5 heteroatoms. The van der Waals surface area contributed by atoms with Crippen LogP contribution < -0.4 is 5.73 Å². The Labute approximate surface area is 136 Å². The molecule has 0 aliphatic heterocycles. The van der Waals surface area contributed by atoms with Crippen molar-refractivity contribution >= 4 is 5.97 Å². The third-order valence-corrected chi connectivity index (χ3v) is 5.11. The summed E-state index contributed by atoms with van der Waals surface area (Å²) < 4.78 is 1.88. The maximum atomic E-state index is 11.9. The van der Waals surface area contributed by atoms with Crippen LogP contribution in [-0.4, -0.2) is 27.2 Å². The number of rotatable bonds is 7. The molecule has 0 spiro atoms. The fourth-order valence-corrected chi connectivity index (χ4v) is 3.43. The average Bonchev–Trinajstić information content (AvgIpc) is 3.09. The van der Waals surface area contributed by atoms with E-state index in [4.69, 9.17) is 5.73 Å². The Morgan fingerprint density at radius 1 is 1.48 bits per heavy atom. The zero-order chi connectivity index (χ0) is 16.4. The second-order valence-corrected chi connectivity index (χ2v) is 6.42. The Bertz CT molecular complexity index is 679. The number of benzene rings is 1. The molecule has 1 aromatic heterocycles. The van der Waals surface area contributed by atoms with E-state index in [1.54, 1.807) is 6.33 Å². The lowest BCUT2D eigenvalue weighted by Gasteiger charge is -2.14. The van der Waals surface area contributed by atoms with Gasteiger partial charge in [-0.25, -0.2) is 4.98 Å². The number of para-hydroxylation sites is 1. The van der Waals surface area contributed by atoms with Crippen LogP contribution in [-0.2, 0) is 10.2 Å². The fourth-order valence-electron chi connectivity index (χ4n) is 3.43. The Morgan fingerprint density at radius 2 is 2.22 bits per heavy atom. The van der Waals surface area contributed by atoms with E-state index in [2.05, 4.69) is 11.9 Å². The van der Waals surface area contributed by atoms with Crippen molar-refractivity contribution in [2.24, 2.45) is 17.6 Å². The molecule has 23 heavy (non-hydrogen) atoms. The van der Waals surface area contributed by atoms with Crippen molar-refractivity contribution in [2.45, 2.75) is 31.6 Å². The molecule has 3 N–H and O–H groups in total. The van der Waals surface area contributed by atoms with Crippen LogP contribution in [0.4, 0.5) is 0 Å². The van der Waals surface area contributed by atoms with Crippen LogP contribution in [0.15, 0.2) is 42.9 Å². The summed E-state index contributed by atoms with van der Waals surface area (Å²) in [5.74, 6) is -0.252. The van der Waals surface area contributed by atoms with Gasteiger partial charge in [0.05, 0.1) is 12.0 Å². The number of nitrogens with zero attached hydrogens (tertiary/aromatic N) is 2. The first-order chi connectivity index (χ1) is 11.1. The van der Waals surface area contributed by atoms with Gasteiger partial charge in [-0.05, 0) is 43.4 Å². The molecule has 5 nitrogen and oxygen atoms in total. The molecule has 3 atom stereocenters. The number of carboxylic acid groups (broad SMARTS) is 1. The molecule has 0 bridgehead atoms. The summed E-state index contributed by atoms with van der Waals surface area (Å²) in [5, 5.41) is 9.79. The molecule has 1 fully saturated rings. The van der Waals surface area contributed by atoms with Gasteiger partial charge < -0.3 is 15.4 Å². The lowest BCUT2D eigenvalue weighted by atomic mass is 9.92. The van der Waals surface area contributed by atoms with Crippen LogP contribution in [0.1, 0.15) is 31.9 Å². The van der Waals surface area contributed by atoms with E-state index in [1.807, 2.05) is 41.1 Å². The molecule has 3 rings (SSSR count). The van der Waals surface area contributed by atoms with Crippen LogP contribution in [0.25, 0.3) is 5.69 Å². The van der Waals surface area contributed by atoms with Crippen molar-refractivity contribution in [2.75, 3.05) is 6.54 Å². The van der Waals surface area contributed by atoms with Gasteiger partial charge in [0.15, 0.2) is 0 Å². The monoisotopic (exact) mass is 313 g/mol. The molecule has 1 aliphatic carbocycles. The first kappa shape index (κ1) is 15.7. The van der Waals surface area contributed by atoms with Gasteiger partial charge in [-0.3, -0.25) is 4.79 Å². The van der Waals surface area contributed by atoms with Crippen LogP contribution in [0.2, 0.25) is 0 Å². The van der Waals surface area contributed by atoms with Crippen LogP contribution in [0.5, 0.6) is 0 Å². The molecule has 1 heterocycles. The normalized spacial score (nSPS) is 24.3. The largest absolute Gasteiger partial charge is 0.481 e. The molecular formula is C18H23N3O2. The van der Waals surface area contributed by atoms with Gasteiger partial charge in [0, 0.05) is 11.9 Å². The summed E-state index contributed by atoms with van der Waals surface area (Å²) in [5.41, 5.74) is 6.59. The highest BCUT2D eigenvalue weighted by Crippen LogP contribution is 2.57. The van der Waals surface area contributed by atoms with E-state index < -0.39 is 11.4 Å². The summed E-state index contributed by atoms with van der Waals surface area (Å²) in [6.45, 7) is 2.72. The molecule has 1 unspecified atom stereocenters. The van der Waals surface area contributed by atoms with E-state index in [0.717, 1.165) is 18.5 Å². The summed E-state index contributed by atoms with van der Waals surface area (Å²) in [6.07, 6.45) is 6.06. The number of carbonyl (C=O) groups is 1. The number of carboxylic acids is 1. The van der Waals surface area contributed by atoms with Gasteiger partial charge in [0.2, 0.25) is 0 Å². The highest BCUT2D eigenvalue weighted by atomic mass is 16.4. The molecule has 1 aliphatic rings. The van der Waals surface area contributed by atoms with Gasteiger partial charge in [-0.2, -0.15) is 0 Å². The van der Waals surface area contributed by atoms with Crippen LogP contribution in [0.3, 0.4) is 0 Å². The Balaban J connectivity index is 1.84. The quantitative estimate of drug-likeness (QED) is 0.823. The van der Waals surface area contributed by atoms with Crippen molar-refractivity contribution in [3.8, 4) is 5.69 Å². The number of hydrogen-bond donors (Lipinski definition) is 2. The van der Waals surface area contributed by atoms with Crippen molar-refractivity contribution < 1.29 is 9.90 Å². The minimum atomic E-state index is -0.831. The van der Waals surface area contributed by atoms with Crippen molar-refractivity contribution in [1.82, 2.24) is 9.55 Å².